The van der Waals surface area contributed by atoms with Crippen molar-refractivity contribution in [1.29, 1.82) is 0 Å². The zero-order chi connectivity index (χ0) is 37.2. The minimum atomic E-state index is -0.852. The van der Waals surface area contributed by atoms with Crippen molar-refractivity contribution in [3.05, 3.63) is 90.3 Å². The van der Waals surface area contributed by atoms with E-state index in [1.54, 1.807) is 0 Å². The van der Waals surface area contributed by atoms with Crippen LogP contribution in [-0.4, -0.2) is 109 Å². The van der Waals surface area contributed by atoms with Crippen molar-refractivity contribution >= 4 is 34.4 Å². The number of likely N-dealkylation sites (tertiary alicyclic amines) is 2. The number of amides is 2. The highest BCUT2D eigenvalue weighted by Crippen LogP contribution is 2.42. The van der Waals surface area contributed by atoms with Gasteiger partial charge in [0.15, 0.2) is 5.65 Å². The fourth-order valence-corrected chi connectivity index (χ4v) is 9.18. The number of nitrogens with one attached hydrogen (secondary N) is 1. The van der Waals surface area contributed by atoms with Crippen LogP contribution in [0.1, 0.15) is 49.1 Å². The van der Waals surface area contributed by atoms with Crippen LogP contribution in [0.2, 0.25) is 0 Å². The Morgan fingerprint density at radius 1 is 0.800 bits per heavy atom. The third-order valence-electron chi connectivity index (χ3n) is 12.3. The molecule has 2 amide bonds. The molecular formula is C41H44N10O4. The van der Waals surface area contributed by atoms with Crippen LogP contribution in [0.15, 0.2) is 79.1 Å². The van der Waals surface area contributed by atoms with E-state index in [9.17, 15) is 14.7 Å². The Hall–Kier alpha value is -5.41. The molecule has 4 fully saturated rings. The zero-order valence-electron chi connectivity index (χ0n) is 30.5. The third kappa shape index (κ3) is 6.09. The van der Waals surface area contributed by atoms with E-state index in [-0.39, 0.29) is 17.9 Å². The molecule has 4 N–H and O–H groups in total. The summed E-state index contributed by atoms with van der Waals surface area (Å²) in [6.45, 7) is 6.54. The van der Waals surface area contributed by atoms with Crippen molar-refractivity contribution < 1.29 is 19.4 Å². The molecule has 0 saturated carbocycles. The van der Waals surface area contributed by atoms with Crippen molar-refractivity contribution in [3.63, 3.8) is 0 Å². The number of carbonyl (C=O) groups excluding carboxylic acids is 2. The quantitative estimate of drug-likeness (QED) is 0.199. The lowest BCUT2D eigenvalue weighted by molar-refractivity contribution is -0.141. The Morgan fingerprint density at radius 2 is 1.55 bits per heavy atom. The van der Waals surface area contributed by atoms with Crippen molar-refractivity contribution in [3.8, 4) is 22.8 Å². The van der Waals surface area contributed by atoms with Gasteiger partial charge in [0, 0.05) is 81.1 Å². The van der Waals surface area contributed by atoms with Gasteiger partial charge in [0.2, 0.25) is 11.8 Å². The van der Waals surface area contributed by atoms with Crippen molar-refractivity contribution in [1.82, 2.24) is 39.8 Å². The number of aliphatic hydroxyl groups excluding tert-OH is 1. The maximum atomic E-state index is 12.6. The molecule has 2 aromatic heterocycles. The molecule has 14 nitrogen and oxygen atoms in total. The van der Waals surface area contributed by atoms with E-state index in [0.29, 0.717) is 37.3 Å². The minimum absolute atomic E-state index is 0.218. The SMILES string of the molecule is Nc1ncnc2c1c(-c1ccc(Oc3ccccc3)cc1)nn2C1CCN(C2CN(C3CN(c4cccc5c4CN(C4CCC(=O)NC4=O)C5O)C3)C2)CC1. The first-order valence-corrected chi connectivity index (χ1v) is 19.3. The molecule has 14 heteroatoms. The monoisotopic (exact) mass is 740 g/mol. The second-order valence-electron chi connectivity index (χ2n) is 15.5. The number of fused-ring (bicyclic) bond motifs is 2. The van der Waals surface area contributed by atoms with E-state index in [2.05, 4.69) is 40.7 Å². The third-order valence-corrected chi connectivity index (χ3v) is 12.3. The van der Waals surface area contributed by atoms with Crippen LogP contribution < -0.4 is 20.7 Å². The van der Waals surface area contributed by atoms with Gasteiger partial charge in [-0.25, -0.2) is 14.6 Å². The lowest BCUT2D eigenvalue weighted by atomic mass is 9.94. The standard InChI is InChI=1S/C41H44N10O4/c42-38-36-37(25-9-11-30(12-10-25)55-29-5-2-1-3-6-29)46-51(39(36)44-24-43-38)26-15-17-47(18-16-26)27-19-48(20-27)28-21-49(22-28)33-8-4-7-31-32(33)23-50(41(31)54)34-13-14-35(52)45-40(34)53/h1-12,24,26-28,34,41,54H,13-23H2,(H2,42,43,44)(H,45,52,53). The molecule has 5 aliphatic rings. The van der Waals surface area contributed by atoms with E-state index in [1.165, 1.54) is 6.33 Å². The Kier molecular flexibility index (Phi) is 8.50. The van der Waals surface area contributed by atoms with Gasteiger partial charge in [-0.1, -0.05) is 30.3 Å². The van der Waals surface area contributed by atoms with E-state index in [0.717, 1.165) is 103 Å². The van der Waals surface area contributed by atoms with Crippen molar-refractivity contribution in [2.24, 2.45) is 0 Å². The summed E-state index contributed by atoms with van der Waals surface area (Å²) in [5.41, 5.74) is 12.0. The second-order valence-corrected chi connectivity index (χ2v) is 15.5. The molecule has 2 atom stereocenters. The maximum absolute atomic E-state index is 12.6. The number of nitrogens with two attached hydrogens (primary N) is 1. The van der Waals surface area contributed by atoms with Crippen LogP contribution in [0.3, 0.4) is 0 Å². The number of ether oxygens (including phenoxy) is 1. The fraction of sp³-hybridized carbons (Fsp3) is 0.390. The number of rotatable bonds is 8. The summed E-state index contributed by atoms with van der Waals surface area (Å²) in [5.74, 6) is 1.40. The van der Waals surface area contributed by atoms with Gasteiger partial charge < -0.3 is 20.5 Å². The van der Waals surface area contributed by atoms with Crippen molar-refractivity contribution in [2.45, 2.75) is 62.6 Å². The van der Waals surface area contributed by atoms with Crippen LogP contribution in [0.4, 0.5) is 11.5 Å². The summed E-state index contributed by atoms with van der Waals surface area (Å²) in [6, 6.07) is 24.5. The summed E-state index contributed by atoms with van der Waals surface area (Å²) >= 11 is 0. The summed E-state index contributed by atoms with van der Waals surface area (Å²) in [6.07, 6.45) is 3.37. The molecule has 0 aliphatic carbocycles. The largest absolute Gasteiger partial charge is 0.457 e. The predicted octanol–water partition coefficient (Wildman–Crippen LogP) is 3.69. The molecule has 0 bridgehead atoms. The molecule has 10 rings (SSSR count). The summed E-state index contributed by atoms with van der Waals surface area (Å²) in [7, 11) is 0. The molecular weight excluding hydrogens is 697 g/mol. The Labute approximate surface area is 318 Å². The zero-order valence-corrected chi connectivity index (χ0v) is 30.5. The first kappa shape index (κ1) is 34.1. The van der Waals surface area contributed by atoms with Gasteiger partial charge in [-0.15, -0.1) is 0 Å². The van der Waals surface area contributed by atoms with E-state index < -0.39 is 12.3 Å². The highest BCUT2D eigenvalue weighted by Gasteiger charge is 2.45. The average molecular weight is 741 g/mol. The maximum Gasteiger partial charge on any atom is 0.244 e. The van der Waals surface area contributed by atoms with Gasteiger partial charge in [0.25, 0.3) is 0 Å². The van der Waals surface area contributed by atoms with Crippen LogP contribution in [0.5, 0.6) is 11.5 Å². The van der Waals surface area contributed by atoms with Gasteiger partial charge in [0.05, 0.1) is 17.5 Å². The number of aliphatic hydroxyl groups is 1. The van der Waals surface area contributed by atoms with Gasteiger partial charge in [-0.2, -0.15) is 5.10 Å². The number of para-hydroxylation sites is 1. The normalized spacial score (nSPS) is 23.1. The highest BCUT2D eigenvalue weighted by atomic mass is 16.5. The molecule has 3 aromatic carbocycles. The van der Waals surface area contributed by atoms with Gasteiger partial charge in [-0.3, -0.25) is 29.6 Å². The number of piperidine rings is 2. The number of aromatic nitrogens is 4. The molecule has 4 saturated heterocycles. The number of hydrogen-bond acceptors (Lipinski definition) is 12. The van der Waals surface area contributed by atoms with Crippen LogP contribution in [0.25, 0.3) is 22.3 Å². The number of nitrogens with zero attached hydrogens (tertiary/aromatic N) is 8. The average Bonchev–Trinajstić information content (AvgIpc) is 3.72. The van der Waals surface area contributed by atoms with Crippen LogP contribution >= 0.6 is 0 Å². The number of benzene rings is 3. The Morgan fingerprint density at radius 3 is 2.31 bits per heavy atom. The van der Waals surface area contributed by atoms with E-state index >= 15 is 0 Å². The predicted molar refractivity (Wildman–Crippen MR) is 206 cm³/mol. The first-order chi connectivity index (χ1) is 26.9. The Bertz CT molecular complexity index is 2240. The minimum Gasteiger partial charge on any atom is -0.457 e. The first-order valence-electron chi connectivity index (χ1n) is 19.3. The molecule has 2 unspecified atom stereocenters. The molecule has 282 valence electrons. The number of nitrogen functional groups attached to an aromatic ring is 1. The van der Waals surface area contributed by atoms with E-state index in [4.69, 9.17) is 15.6 Å². The van der Waals surface area contributed by atoms with Gasteiger partial charge >= 0.3 is 0 Å². The number of anilines is 2. The number of hydrogen-bond donors (Lipinski definition) is 3. The summed E-state index contributed by atoms with van der Waals surface area (Å²) in [5, 5.41) is 19.5. The van der Waals surface area contributed by atoms with Gasteiger partial charge in [-0.05, 0) is 67.3 Å². The smallest absolute Gasteiger partial charge is 0.244 e. The summed E-state index contributed by atoms with van der Waals surface area (Å²) in [4.78, 5) is 42.7. The van der Waals surface area contributed by atoms with E-state index in [1.807, 2.05) is 71.6 Å². The molecule has 0 radical (unpaired) electrons. The molecule has 5 aromatic rings. The molecule has 7 heterocycles. The van der Waals surface area contributed by atoms with Crippen LogP contribution in [-0.2, 0) is 16.1 Å². The lowest BCUT2D eigenvalue weighted by Crippen LogP contribution is -2.70. The number of imide groups is 1. The lowest BCUT2D eigenvalue weighted by Gasteiger charge is -2.55. The molecule has 55 heavy (non-hydrogen) atoms. The van der Waals surface area contributed by atoms with Crippen LogP contribution in [0, 0.1) is 0 Å². The second kappa shape index (κ2) is 13.7. The van der Waals surface area contributed by atoms with Gasteiger partial charge in [0.1, 0.15) is 35.6 Å². The highest BCUT2D eigenvalue weighted by molar-refractivity contribution is 6.00. The number of carbonyl (C=O) groups is 2. The fourth-order valence-electron chi connectivity index (χ4n) is 9.18. The molecule has 0 spiro atoms. The summed E-state index contributed by atoms with van der Waals surface area (Å²) < 4.78 is 8.09. The Balaban J connectivity index is 0.746. The van der Waals surface area contributed by atoms with Crippen molar-refractivity contribution in [2.75, 3.05) is 49.9 Å². The topological polar surface area (TPSA) is 158 Å². The molecule has 5 aliphatic heterocycles.